The second-order valence-corrected chi connectivity index (χ2v) is 5.14. The maximum absolute atomic E-state index is 12.9. The lowest BCUT2D eigenvalue weighted by atomic mass is 10.2. The molecule has 0 unspecified atom stereocenters. The van der Waals surface area contributed by atoms with E-state index < -0.39 is 0 Å². The molecule has 0 radical (unpaired) electrons. The van der Waals surface area contributed by atoms with Crippen LogP contribution in [-0.4, -0.2) is 15.2 Å². The van der Waals surface area contributed by atoms with Crippen LogP contribution in [0.15, 0.2) is 54.7 Å². The van der Waals surface area contributed by atoms with Crippen LogP contribution in [0.3, 0.4) is 0 Å². The van der Waals surface area contributed by atoms with Crippen LogP contribution in [0.5, 0.6) is 0 Å². The van der Waals surface area contributed by atoms with E-state index >= 15 is 0 Å². The van der Waals surface area contributed by atoms with Gasteiger partial charge in [0.1, 0.15) is 5.82 Å². The van der Waals surface area contributed by atoms with Gasteiger partial charge in [-0.05, 0) is 42.3 Å². The zero-order chi connectivity index (χ0) is 16.1. The number of aryl methyl sites for hydroxylation is 1. The third-order valence-corrected chi connectivity index (χ3v) is 3.22. The first kappa shape index (κ1) is 14.9. The molecule has 0 aliphatic carbocycles. The Morgan fingerprint density at radius 1 is 1.09 bits per heavy atom. The van der Waals surface area contributed by atoms with Gasteiger partial charge in [-0.1, -0.05) is 24.3 Å². The molecule has 0 bridgehead atoms. The van der Waals surface area contributed by atoms with Crippen molar-refractivity contribution >= 4 is 17.5 Å². The molecule has 0 aliphatic heterocycles. The van der Waals surface area contributed by atoms with Crippen molar-refractivity contribution in [2.24, 2.45) is 0 Å². The Kier molecular flexibility index (Phi) is 4.42. The molecule has 1 aromatic heterocycles. The lowest BCUT2D eigenvalue weighted by molar-refractivity contribution is 0.627. The summed E-state index contributed by atoms with van der Waals surface area (Å²) in [4.78, 5) is 4.36. The third-order valence-electron chi connectivity index (χ3n) is 3.22. The molecule has 5 nitrogen and oxygen atoms in total. The Balaban J connectivity index is 1.66. The van der Waals surface area contributed by atoms with Gasteiger partial charge in [-0.15, -0.1) is 5.10 Å². The molecule has 3 rings (SSSR count). The molecular weight excluding hydrogens is 293 g/mol. The monoisotopic (exact) mass is 309 g/mol. The third kappa shape index (κ3) is 4.23. The summed E-state index contributed by atoms with van der Waals surface area (Å²) in [6.07, 6.45) is 1.55. The first-order chi connectivity index (χ1) is 11.2. The number of nitrogens with one attached hydrogen (secondary N) is 2. The summed E-state index contributed by atoms with van der Waals surface area (Å²) < 4.78 is 12.9. The summed E-state index contributed by atoms with van der Waals surface area (Å²) in [5.41, 5.74) is 3.01. The number of nitrogens with zero attached hydrogens (tertiary/aromatic N) is 3. The average molecular weight is 309 g/mol. The molecule has 0 atom stereocenters. The summed E-state index contributed by atoms with van der Waals surface area (Å²) in [5, 5.41) is 14.2. The van der Waals surface area contributed by atoms with Gasteiger partial charge in [0.25, 0.3) is 0 Å². The molecule has 23 heavy (non-hydrogen) atoms. The van der Waals surface area contributed by atoms with Crippen LogP contribution < -0.4 is 10.6 Å². The van der Waals surface area contributed by atoms with Crippen molar-refractivity contribution < 1.29 is 4.39 Å². The zero-order valence-corrected chi connectivity index (χ0v) is 12.6. The molecule has 0 fully saturated rings. The van der Waals surface area contributed by atoms with Gasteiger partial charge in [-0.2, -0.15) is 10.1 Å². The molecule has 0 saturated heterocycles. The van der Waals surface area contributed by atoms with E-state index in [1.54, 1.807) is 18.3 Å². The van der Waals surface area contributed by atoms with Crippen LogP contribution in [0.2, 0.25) is 0 Å². The van der Waals surface area contributed by atoms with Gasteiger partial charge in [-0.25, -0.2) is 4.39 Å². The molecule has 116 valence electrons. The van der Waals surface area contributed by atoms with E-state index in [0.717, 1.165) is 16.8 Å². The number of rotatable bonds is 5. The van der Waals surface area contributed by atoms with Gasteiger partial charge in [0.2, 0.25) is 5.95 Å². The quantitative estimate of drug-likeness (QED) is 0.753. The van der Waals surface area contributed by atoms with Gasteiger partial charge in [0.15, 0.2) is 5.82 Å². The van der Waals surface area contributed by atoms with Crippen LogP contribution in [-0.2, 0) is 6.54 Å². The number of aromatic nitrogens is 3. The maximum Gasteiger partial charge on any atom is 0.249 e. The number of hydrogen-bond acceptors (Lipinski definition) is 5. The number of benzene rings is 2. The second kappa shape index (κ2) is 6.83. The van der Waals surface area contributed by atoms with E-state index in [0.29, 0.717) is 18.3 Å². The van der Waals surface area contributed by atoms with Crippen LogP contribution in [0.4, 0.5) is 21.8 Å². The minimum Gasteiger partial charge on any atom is -0.365 e. The van der Waals surface area contributed by atoms with Gasteiger partial charge < -0.3 is 10.6 Å². The molecule has 0 amide bonds. The van der Waals surface area contributed by atoms with Gasteiger partial charge in [-0.3, -0.25) is 0 Å². The standard InChI is InChI=1S/C17H16FN5/c1-12-3-2-4-15(9-12)21-17-22-16(11-20-23-17)19-10-13-5-7-14(18)8-6-13/h2-9,11H,10H2,1H3,(H2,19,21,22,23). The fraction of sp³-hybridized carbons (Fsp3) is 0.118. The molecule has 2 aromatic carbocycles. The Bertz CT molecular complexity index is 789. The van der Waals surface area contributed by atoms with Crippen LogP contribution >= 0.6 is 0 Å². The maximum atomic E-state index is 12.9. The van der Waals surface area contributed by atoms with Crippen molar-refractivity contribution in [2.45, 2.75) is 13.5 Å². The van der Waals surface area contributed by atoms with Crippen molar-refractivity contribution in [3.8, 4) is 0 Å². The molecule has 2 N–H and O–H groups in total. The predicted octanol–water partition coefficient (Wildman–Crippen LogP) is 3.67. The smallest absolute Gasteiger partial charge is 0.249 e. The molecule has 1 heterocycles. The minimum absolute atomic E-state index is 0.248. The highest BCUT2D eigenvalue weighted by Crippen LogP contribution is 2.15. The van der Waals surface area contributed by atoms with E-state index in [2.05, 4.69) is 25.8 Å². The SMILES string of the molecule is Cc1cccc(Nc2nncc(NCc3ccc(F)cc3)n2)c1. The first-order valence-corrected chi connectivity index (χ1v) is 7.21. The Morgan fingerprint density at radius 2 is 1.91 bits per heavy atom. The Labute approximate surface area is 133 Å². The highest BCUT2D eigenvalue weighted by Gasteiger charge is 2.02. The fourth-order valence-electron chi connectivity index (χ4n) is 2.09. The van der Waals surface area contributed by atoms with Crippen LogP contribution in [0.1, 0.15) is 11.1 Å². The molecule has 0 spiro atoms. The van der Waals surface area contributed by atoms with Crippen molar-refractivity contribution in [3.63, 3.8) is 0 Å². The van der Waals surface area contributed by atoms with E-state index in [1.807, 2.05) is 31.2 Å². The van der Waals surface area contributed by atoms with Crippen LogP contribution in [0, 0.1) is 12.7 Å². The van der Waals surface area contributed by atoms with E-state index in [1.165, 1.54) is 12.1 Å². The predicted molar refractivity (Wildman–Crippen MR) is 88.0 cm³/mol. The lowest BCUT2D eigenvalue weighted by Gasteiger charge is -2.08. The number of halogens is 1. The van der Waals surface area contributed by atoms with Gasteiger partial charge in [0, 0.05) is 12.2 Å². The molecule has 0 saturated carbocycles. The van der Waals surface area contributed by atoms with Crippen LogP contribution in [0.25, 0.3) is 0 Å². The summed E-state index contributed by atoms with van der Waals surface area (Å²) >= 11 is 0. The Hall–Kier alpha value is -3.02. The molecule has 0 aliphatic rings. The molecular formula is C17H16FN5. The highest BCUT2D eigenvalue weighted by atomic mass is 19.1. The molecule has 6 heteroatoms. The van der Waals surface area contributed by atoms with E-state index in [4.69, 9.17) is 0 Å². The summed E-state index contributed by atoms with van der Waals surface area (Å²) in [6, 6.07) is 14.2. The lowest BCUT2D eigenvalue weighted by Crippen LogP contribution is -2.05. The Morgan fingerprint density at radius 3 is 2.70 bits per heavy atom. The normalized spacial score (nSPS) is 10.3. The number of anilines is 3. The first-order valence-electron chi connectivity index (χ1n) is 7.21. The summed E-state index contributed by atoms with van der Waals surface area (Å²) in [7, 11) is 0. The minimum atomic E-state index is -0.248. The van der Waals surface area contributed by atoms with E-state index in [-0.39, 0.29) is 5.82 Å². The highest BCUT2D eigenvalue weighted by molar-refractivity contribution is 5.55. The molecule has 3 aromatic rings. The summed E-state index contributed by atoms with van der Waals surface area (Å²) in [5.74, 6) is 0.765. The van der Waals surface area contributed by atoms with Crippen molar-refractivity contribution in [3.05, 3.63) is 71.7 Å². The van der Waals surface area contributed by atoms with Crippen molar-refractivity contribution in [1.29, 1.82) is 0 Å². The second-order valence-electron chi connectivity index (χ2n) is 5.14. The topological polar surface area (TPSA) is 62.7 Å². The largest absolute Gasteiger partial charge is 0.365 e. The zero-order valence-electron chi connectivity index (χ0n) is 12.6. The van der Waals surface area contributed by atoms with Crippen molar-refractivity contribution in [1.82, 2.24) is 15.2 Å². The van der Waals surface area contributed by atoms with Gasteiger partial charge in [0.05, 0.1) is 6.20 Å². The summed E-state index contributed by atoms with van der Waals surface area (Å²) in [6.45, 7) is 2.55. The fourth-order valence-corrected chi connectivity index (χ4v) is 2.09. The van der Waals surface area contributed by atoms with Crippen molar-refractivity contribution in [2.75, 3.05) is 10.6 Å². The number of hydrogen-bond donors (Lipinski definition) is 2. The average Bonchev–Trinajstić information content (AvgIpc) is 2.55. The van der Waals surface area contributed by atoms with Gasteiger partial charge >= 0.3 is 0 Å². The van der Waals surface area contributed by atoms with E-state index in [9.17, 15) is 4.39 Å².